The van der Waals surface area contributed by atoms with Crippen molar-refractivity contribution in [3.8, 4) is 17.6 Å². The topological polar surface area (TPSA) is 119 Å². The van der Waals surface area contributed by atoms with Crippen molar-refractivity contribution in [2.24, 2.45) is 0 Å². The highest BCUT2D eigenvalue weighted by Crippen LogP contribution is 2.37. The molecule has 0 radical (unpaired) electrons. The molecule has 3 aromatic rings. The minimum Gasteiger partial charge on any atom is -0.492 e. The summed E-state index contributed by atoms with van der Waals surface area (Å²) in [5.41, 5.74) is 7.56. The van der Waals surface area contributed by atoms with Crippen molar-refractivity contribution in [1.29, 1.82) is 5.26 Å². The molecule has 0 atom stereocenters. The van der Waals surface area contributed by atoms with Gasteiger partial charge in [-0.3, -0.25) is 0 Å². The third-order valence-electron chi connectivity index (χ3n) is 3.89. The monoisotopic (exact) mass is 466 g/mol. The van der Waals surface area contributed by atoms with Crippen LogP contribution in [0, 0.1) is 11.3 Å². The summed E-state index contributed by atoms with van der Waals surface area (Å²) in [7, 11) is 1.56. The number of ether oxygens (including phenoxy) is 2. The van der Waals surface area contributed by atoms with Gasteiger partial charge in [-0.15, -0.1) is 0 Å². The molecule has 0 bridgehead atoms. The first kappa shape index (κ1) is 21.1. The van der Waals surface area contributed by atoms with E-state index in [-0.39, 0.29) is 23.3 Å². The number of nitriles is 1. The summed E-state index contributed by atoms with van der Waals surface area (Å²) in [5.74, 6) is 1.54. The van der Waals surface area contributed by atoms with Gasteiger partial charge >= 0.3 is 0 Å². The Morgan fingerprint density at radius 1 is 1.23 bits per heavy atom. The molecule has 30 heavy (non-hydrogen) atoms. The third kappa shape index (κ3) is 5.04. The lowest BCUT2D eigenvalue weighted by molar-refractivity contribution is 0.310. The number of allylic oxidation sites excluding steroid dienone is 1. The van der Waals surface area contributed by atoms with Crippen molar-refractivity contribution >= 4 is 45.2 Å². The van der Waals surface area contributed by atoms with Gasteiger partial charge in [0.05, 0.1) is 23.8 Å². The second-order valence-electron chi connectivity index (χ2n) is 5.97. The van der Waals surface area contributed by atoms with E-state index in [2.05, 4.69) is 42.3 Å². The average Bonchev–Trinajstić information content (AvgIpc) is 2.72. The van der Waals surface area contributed by atoms with Crippen molar-refractivity contribution in [1.82, 2.24) is 15.0 Å². The van der Waals surface area contributed by atoms with Gasteiger partial charge in [0.2, 0.25) is 11.9 Å². The van der Waals surface area contributed by atoms with E-state index in [4.69, 9.17) is 15.2 Å². The van der Waals surface area contributed by atoms with E-state index in [9.17, 15) is 5.26 Å². The standard InChI is InChI=1S/C21H19BrN6O2/c1-3-30-17-11-13(10-16(22)18(17)29-2)9-14(12-23)19-26-20(24)28-21(27-19)25-15-7-5-4-6-8-15/h4-11H,3H2,1-2H3,(H3,24,25,26,27,28)/b14-9+. The fourth-order valence-corrected chi connectivity index (χ4v) is 3.29. The van der Waals surface area contributed by atoms with Gasteiger partial charge in [-0.1, -0.05) is 18.2 Å². The van der Waals surface area contributed by atoms with Crippen LogP contribution in [0.5, 0.6) is 11.5 Å². The molecular formula is C21H19BrN6O2. The number of rotatable bonds is 7. The lowest BCUT2D eigenvalue weighted by Crippen LogP contribution is -2.06. The Kier molecular flexibility index (Phi) is 6.83. The smallest absolute Gasteiger partial charge is 0.232 e. The molecule has 0 unspecified atom stereocenters. The number of hydrogen-bond donors (Lipinski definition) is 2. The number of hydrogen-bond acceptors (Lipinski definition) is 8. The van der Waals surface area contributed by atoms with Gasteiger partial charge in [0.15, 0.2) is 17.3 Å². The van der Waals surface area contributed by atoms with Crippen molar-refractivity contribution in [3.63, 3.8) is 0 Å². The van der Waals surface area contributed by atoms with Crippen molar-refractivity contribution < 1.29 is 9.47 Å². The zero-order chi connectivity index (χ0) is 21.5. The van der Waals surface area contributed by atoms with Crippen LogP contribution < -0.4 is 20.5 Å². The second-order valence-corrected chi connectivity index (χ2v) is 6.82. The van der Waals surface area contributed by atoms with Crippen LogP contribution in [-0.2, 0) is 0 Å². The minimum atomic E-state index is 0.00509. The first-order valence-electron chi connectivity index (χ1n) is 9.00. The summed E-state index contributed by atoms with van der Waals surface area (Å²) in [6.45, 7) is 2.35. The van der Waals surface area contributed by atoms with Crippen LogP contribution in [-0.4, -0.2) is 28.7 Å². The maximum atomic E-state index is 9.71. The molecule has 9 heteroatoms. The van der Waals surface area contributed by atoms with E-state index in [1.807, 2.05) is 43.3 Å². The summed E-state index contributed by atoms with van der Waals surface area (Å²) in [6, 6.07) is 15.1. The molecule has 0 fully saturated rings. The molecule has 0 saturated heterocycles. The Balaban J connectivity index is 2.00. The first-order valence-corrected chi connectivity index (χ1v) is 9.79. The number of nitrogen functional groups attached to an aromatic ring is 1. The van der Waals surface area contributed by atoms with Crippen molar-refractivity contribution in [2.45, 2.75) is 6.92 Å². The van der Waals surface area contributed by atoms with Gasteiger partial charge < -0.3 is 20.5 Å². The molecule has 8 nitrogen and oxygen atoms in total. The Morgan fingerprint density at radius 2 is 2.00 bits per heavy atom. The first-order chi connectivity index (χ1) is 14.5. The van der Waals surface area contributed by atoms with E-state index in [0.717, 1.165) is 5.69 Å². The Morgan fingerprint density at radius 3 is 2.67 bits per heavy atom. The van der Waals surface area contributed by atoms with Crippen LogP contribution in [0.3, 0.4) is 0 Å². The zero-order valence-corrected chi connectivity index (χ0v) is 18.0. The van der Waals surface area contributed by atoms with Crippen LogP contribution in [0.15, 0.2) is 46.9 Å². The molecule has 3 rings (SSSR count). The summed E-state index contributed by atoms with van der Waals surface area (Å²) in [4.78, 5) is 12.5. The Hall–Kier alpha value is -3.64. The predicted molar refractivity (Wildman–Crippen MR) is 119 cm³/mol. The molecule has 1 aromatic heterocycles. The SMILES string of the molecule is CCOc1cc(/C=C(\C#N)c2nc(N)nc(Nc3ccccc3)n2)cc(Br)c1OC. The molecule has 3 N–H and O–H groups in total. The molecule has 0 aliphatic heterocycles. The largest absolute Gasteiger partial charge is 0.492 e. The minimum absolute atomic E-state index is 0.00509. The second kappa shape index (κ2) is 9.71. The van der Waals surface area contributed by atoms with E-state index in [1.165, 1.54) is 0 Å². The van der Waals surface area contributed by atoms with Crippen LogP contribution >= 0.6 is 15.9 Å². The van der Waals surface area contributed by atoms with E-state index < -0.39 is 0 Å². The molecule has 152 valence electrons. The van der Waals surface area contributed by atoms with Gasteiger partial charge in [-0.2, -0.15) is 20.2 Å². The van der Waals surface area contributed by atoms with Gasteiger partial charge in [0, 0.05) is 5.69 Å². The Labute approximate surface area is 182 Å². The molecule has 0 spiro atoms. The summed E-state index contributed by atoms with van der Waals surface area (Å²) >= 11 is 3.47. The van der Waals surface area contributed by atoms with Crippen LogP contribution in [0.25, 0.3) is 11.6 Å². The number of nitrogens with one attached hydrogen (secondary N) is 1. The number of methoxy groups -OCH3 is 1. The number of nitrogens with two attached hydrogens (primary N) is 1. The predicted octanol–water partition coefficient (Wildman–Crippen LogP) is 4.43. The quantitative estimate of drug-likeness (QED) is 0.490. The molecular weight excluding hydrogens is 448 g/mol. The van der Waals surface area contributed by atoms with Crippen LogP contribution in [0.4, 0.5) is 17.6 Å². The number of para-hydroxylation sites is 1. The normalized spacial score (nSPS) is 10.9. The number of halogens is 1. The van der Waals surface area contributed by atoms with Gasteiger partial charge in [0.25, 0.3) is 0 Å². The highest BCUT2D eigenvalue weighted by molar-refractivity contribution is 9.10. The van der Waals surface area contributed by atoms with Gasteiger partial charge in [-0.25, -0.2) is 0 Å². The number of benzene rings is 2. The Bertz CT molecular complexity index is 1110. The zero-order valence-electron chi connectivity index (χ0n) is 16.4. The van der Waals surface area contributed by atoms with E-state index >= 15 is 0 Å². The highest BCUT2D eigenvalue weighted by atomic mass is 79.9. The van der Waals surface area contributed by atoms with Gasteiger partial charge in [-0.05, 0) is 58.8 Å². The lowest BCUT2D eigenvalue weighted by Gasteiger charge is -2.12. The summed E-state index contributed by atoms with van der Waals surface area (Å²) in [5, 5.41) is 12.8. The highest BCUT2D eigenvalue weighted by Gasteiger charge is 2.13. The molecule has 0 aliphatic carbocycles. The lowest BCUT2D eigenvalue weighted by atomic mass is 10.1. The van der Waals surface area contributed by atoms with E-state index in [0.29, 0.717) is 28.1 Å². The van der Waals surface area contributed by atoms with Crippen LogP contribution in [0.1, 0.15) is 18.3 Å². The fraction of sp³-hybridized carbons (Fsp3) is 0.143. The molecule has 0 saturated carbocycles. The molecule has 0 aliphatic rings. The molecule has 0 amide bonds. The number of anilines is 3. The summed E-state index contributed by atoms with van der Waals surface area (Å²) in [6.07, 6.45) is 1.65. The third-order valence-corrected chi connectivity index (χ3v) is 4.48. The van der Waals surface area contributed by atoms with Crippen LogP contribution in [0.2, 0.25) is 0 Å². The maximum absolute atomic E-state index is 9.71. The average molecular weight is 467 g/mol. The fourth-order valence-electron chi connectivity index (χ4n) is 2.67. The maximum Gasteiger partial charge on any atom is 0.232 e. The molecule has 1 heterocycles. The van der Waals surface area contributed by atoms with Crippen molar-refractivity contribution in [2.75, 3.05) is 24.8 Å². The van der Waals surface area contributed by atoms with Gasteiger partial charge in [0.1, 0.15) is 6.07 Å². The van der Waals surface area contributed by atoms with E-state index in [1.54, 1.807) is 19.3 Å². The summed E-state index contributed by atoms with van der Waals surface area (Å²) < 4.78 is 11.7. The molecule has 2 aromatic carbocycles. The number of aromatic nitrogens is 3. The number of nitrogens with zero attached hydrogens (tertiary/aromatic N) is 4. The van der Waals surface area contributed by atoms with Crippen molar-refractivity contribution in [3.05, 3.63) is 58.3 Å².